The van der Waals surface area contributed by atoms with Gasteiger partial charge in [0, 0.05) is 25.0 Å². The second-order valence-electron chi connectivity index (χ2n) is 4.08. The predicted octanol–water partition coefficient (Wildman–Crippen LogP) is 2.29. The summed E-state index contributed by atoms with van der Waals surface area (Å²) in [6.45, 7) is 2.16. The Morgan fingerprint density at radius 3 is 3.20 bits per heavy atom. The van der Waals surface area contributed by atoms with Gasteiger partial charge in [0.05, 0.1) is 11.4 Å². The summed E-state index contributed by atoms with van der Waals surface area (Å²) in [4.78, 5) is 0. The highest BCUT2D eigenvalue weighted by Crippen LogP contribution is 2.22. The van der Waals surface area contributed by atoms with Gasteiger partial charge in [-0.15, -0.1) is 0 Å². The van der Waals surface area contributed by atoms with Gasteiger partial charge in [-0.05, 0) is 25.0 Å². The van der Waals surface area contributed by atoms with Crippen molar-refractivity contribution in [3.8, 4) is 0 Å². The Balaban J connectivity index is 2.02. The van der Waals surface area contributed by atoms with Gasteiger partial charge < -0.3 is 5.32 Å². The van der Waals surface area contributed by atoms with Crippen molar-refractivity contribution in [2.45, 2.75) is 32.2 Å². The minimum absolute atomic E-state index is 0.637. The molecule has 2 heterocycles. The molecule has 1 aliphatic heterocycles. The van der Waals surface area contributed by atoms with E-state index >= 15 is 0 Å². The fraction of sp³-hybridized carbons (Fsp3) is 0.727. The summed E-state index contributed by atoms with van der Waals surface area (Å²) in [7, 11) is 1.99. The highest BCUT2D eigenvalue weighted by Gasteiger charge is 2.15. The Kier molecular flexibility index (Phi) is 3.57. The first kappa shape index (κ1) is 10.9. The van der Waals surface area contributed by atoms with Crippen LogP contribution < -0.4 is 5.32 Å². The van der Waals surface area contributed by atoms with Gasteiger partial charge in [-0.1, -0.05) is 6.92 Å². The highest BCUT2D eigenvalue weighted by atomic mass is 32.2. The van der Waals surface area contributed by atoms with Crippen LogP contribution in [-0.4, -0.2) is 27.3 Å². The number of rotatable bonds is 3. The van der Waals surface area contributed by atoms with E-state index in [1.54, 1.807) is 0 Å². The molecule has 1 aliphatic rings. The standard InChI is InChI=1S/C11H19N3S/c1-3-10-11(7-14(2)13-10)12-9-5-4-6-15-8-9/h7,9,12H,3-6,8H2,1-2H3. The molecule has 0 aromatic carbocycles. The Hall–Kier alpha value is -0.640. The van der Waals surface area contributed by atoms with Crippen molar-refractivity contribution in [3.63, 3.8) is 0 Å². The summed E-state index contributed by atoms with van der Waals surface area (Å²) < 4.78 is 1.90. The molecule has 1 fully saturated rings. The molecule has 0 bridgehead atoms. The highest BCUT2D eigenvalue weighted by molar-refractivity contribution is 7.99. The molecule has 0 spiro atoms. The van der Waals surface area contributed by atoms with Crippen molar-refractivity contribution in [1.82, 2.24) is 9.78 Å². The summed E-state index contributed by atoms with van der Waals surface area (Å²) in [5.41, 5.74) is 2.42. The predicted molar refractivity (Wildman–Crippen MR) is 66.6 cm³/mol. The monoisotopic (exact) mass is 225 g/mol. The second kappa shape index (κ2) is 4.92. The number of anilines is 1. The number of aryl methyl sites for hydroxylation is 2. The molecule has 1 aromatic rings. The van der Waals surface area contributed by atoms with Crippen LogP contribution >= 0.6 is 11.8 Å². The Bertz CT molecular complexity index is 316. The average Bonchev–Trinajstić information content (AvgIpc) is 2.60. The molecule has 1 unspecified atom stereocenters. The molecule has 3 nitrogen and oxygen atoms in total. The molecule has 2 rings (SSSR count). The number of nitrogens with one attached hydrogen (secondary N) is 1. The number of nitrogens with zero attached hydrogens (tertiary/aromatic N) is 2. The molecule has 15 heavy (non-hydrogen) atoms. The molecular weight excluding hydrogens is 206 g/mol. The average molecular weight is 225 g/mol. The van der Waals surface area contributed by atoms with Crippen molar-refractivity contribution in [3.05, 3.63) is 11.9 Å². The van der Waals surface area contributed by atoms with Crippen LogP contribution in [0.25, 0.3) is 0 Å². The van der Waals surface area contributed by atoms with Gasteiger partial charge in [-0.25, -0.2) is 0 Å². The van der Waals surface area contributed by atoms with Gasteiger partial charge in [0.15, 0.2) is 0 Å². The SMILES string of the molecule is CCc1nn(C)cc1NC1CCCSC1. The van der Waals surface area contributed by atoms with Gasteiger partial charge in [-0.3, -0.25) is 4.68 Å². The van der Waals surface area contributed by atoms with Crippen LogP contribution in [0, 0.1) is 0 Å². The number of aromatic nitrogens is 2. The summed E-state index contributed by atoms with van der Waals surface area (Å²) in [5.74, 6) is 2.56. The maximum absolute atomic E-state index is 4.44. The van der Waals surface area contributed by atoms with Crippen LogP contribution in [0.5, 0.6) is 0 Å². The molecule has 0 aliphatic carbocycles. The minimum Gasteiger partial charge on any atom is -0.379 e. The van der Waals surface area contributed by atoms with Gasteiger partial charge in [0.2, 0.25) is 0 Å². The first-order chi connectivity index (χ1) is 7.29. The fourth-order valence-corrected chi connectivity index (χ4v) is 3.06. The van der Waals surface area contributed by atoms with E-state index in [9.17, 15) is 0 Å². The Morgan fingerprint density at radius 1 is 1.67 bits per heavy atom. The zero-order valence-corrected chi connectivity index (χ0v) is 10.3. The van der Waals surface area contributed by atoms with Crippen molar-refractivity contribution < 1.29 is 0 Å². The molecule has 0 radical (unpaired) electrons. The summed E-state index contributed by atoms with van der Waals surface area (Å²) >= 11 is 2.05. The second-order valence-corrected chi connectivity index (χ2v) is 5.22. The van der Waals surface area contributed by atoms with Crippen LogP contribution in [0.15, 0.2) is 6.20 Å². The van der Waals surface area contributed by atoms with Crippen molar-refractivity contribution in [2.24, 2.45) is 7.05 Å². The van der Waals surface area contributed by atoms with Gasteiger partial charge >= 0.3 is 0 Å². The molecular formula is C11H19N3S. The first-order valence-corrected chi connectivity index (χ1v) is 6.82. The van der Waals surface area contributed by atoms with E-state index in [-0.39, 0.29) is 0 Å². The lowest BCUT2D eigenvalue weighted by Gasteiger charge is -2.23. The normalized spacial score (nSPS) is 21.6. The van der Waals surface area contributed by atoms with Gasteiger partial charge in [-0.2, -0.15) is 16.9 Å². The fourth-order valence-electron chi connectivity index (χ4n) is 1.99. The largest absolute Gasteiger partial charge is 0.379 e. The summed E-state index contributed by atoms with van der Waals surface area (Å²) in [6, 6.07) is 0.637. The maximum Gasteiger partial charge on any atom is 0.0853 e. The molecule has 0 saturated carbocycles. The Labute approximate surface area is 95.6 Å². The first-order valence-electron chi connectivity index (χ1n) is 5.66. The smallest absolute Gasteiger partial charge is 0.0853 e. The van der Waals surface area contributed by atoms with E-state index in [1.807, 2.05) is 11.7 Å². The van der Waals surface area contributed by atoms with Crippen molar-refractivity contribution in [1.29, 1.82) is 0 Å². The van der Waals surface area contributed by atoms with E-state index in [0.29, 0.717) is 6.04 Å². The molecule has 1 atom stereocenters. The lowest BCUT2D eigenvalue weighted by molar-refractivity contribution is 0.684. The van der Waals surface area contributed by atoms with Crippen molar-refractivity contribution in [2.75, 3.05) is 16.8 Å². The minimum atomic E-state index is 0.637. The maximum atomic E-state index is 4.44. The molecule has 1 N–H and O–H groups in total. The quantitative estimate of drug-likeness (QED) is 0.856. The lowest BCUT2D eigenvalue weighted by atomic mass is 10.1. The summed E-state index contributed by atoms with van der Waals surface area (Å²) in [5, 5.41) is 8.06. The zero-order chi connectivity index (χ0) is 10.7. The van der Waals surface area contributed by atoms with E-state index in [2.05, 4.69) is 35.3 Å². The molecule has 1 aromatic heterocycles. The zero-order valence-electron chi connectivity index (χ0n) is 9.49. The number of hydrogen-bond donors (Lipinski definition) is 1. The van der Waals surface area contributed by atoms with Gasteiger partial charge in [0.25, 0.3) is 0 Å². The third-order valence-corrected chi connectivity index (χ3v) is 3.98. The van der Waals surface area contributed by atoms with Crippen LogP contribution in [0.4, 0.5) is 5.69 Å². The molecule has 4 heteroatoms. The van der Waals surface area contributed by atoms with Crippen LogP contribution in [-0.2, 0) is 13.5 Å². The number of thioether (sulfide) groups is 1. The lowest BCUT2D eigenvalue weighted by Crippen LogP contribution is -2.25. The Morgan fingerprint density at radius 2 is 2.53 bits per heavy atom. The molecule has 0 amide bonds. The van der Waals surface area contributed by atoms with Crippen LogP contribution in [0.3, 0.4) is 0 Å². The van der Waals surface area contributed by atoms with Crippen LogP contribution in [0.1, 0.15) is 25.5 Å². The van der Waals surface area contributed by atoms with Crippen molar-refractivity contribution >= 4 is 17.4 Å². The van der Waals surface area contributed by atoms with E-state index in [1.165, 1.54) is 35.7 Å². The molecule has 1 saturated heterocycles. The summed E-state index contributed by atoms with van der Waals surface area (Å²) in [6.07, 6.45) is 5.73. The van der Waals surface area contributed by atoms with E-state index in [0.717, 1.165) is 6.42 Å². The van der Waals surface area contributed by atoms with E-state index < -0.39 is 0 Å². The van der Waals surface area contributed by atoms with Crippen LogP contribution in [0.2, 0.25) is 0 Å². The van der Waals surface area contributed by atoms with E-state index in [4.69, 9.17) is 0 Å². The topological polar surface area (TPSA) is 29.9 Å². The molecule has 84 valence electrons. The third-order valence-electron chi connectivity index (χ3n) is 2.76. The number of hydrogen-bond acceptors (Lipinski definition) is 3. The van der Waals surface area contributed by atoms with Gasteiger partial charge in [0.1, 0.15) is 0 Å². The third kappa shape index (κ3) is 2.68.